The van der Waals surface area contributed by atoms with Crippen molar-refractivity contribution in [2.75, 3.05) is 0 Å². The zero-order valence-electron chi connectivity index (χ0n) is 43.5. The zero-order valence-corrected chi connectivity index (χ0v) is 47.5. The summed E-state index contributed by atoms with van der Waals surface area (Å²) in [5.41, 5.74) is 15.3. The van der Waals surface area contributed by atoms with Gasteiger partial charge in [0.2, 0.25) is 0 Å². The van der Waals surface area contributed by atoms with Crippen LogP contribution < -0.4 is 0 Å². The molecule has 0 N–H and O–H groups in total. The fraction of sp³-hybridized carbons (Fsp3) is 0.517. The molecule has 0 amide bonds. The van der Waals surface area contributed by atoms with Crippen LogP contribution in [-0.4, -0.2) is 28.7 Å². The van der Waals surface area contributed by atoms with Crippen molar-refractivity contribution in [2.45, 2.75) is 183 Å². The summed E-state index contributed by atoms with van der Waals surface area (Å²) < 4.78 is 5.56. The molecule has 0 bridgehead atoms. The van der Waals surface area contributed by atoms with Gasteiger partial charge in [-0.3, -0.25) is 19.9 Å². The van der Waals surface area contributed by atoms with Crippen molar-refractivity contribution in [3.8, 4) is 0 Å². The fourth-order valence-corrected chi connectivity index (χ4v) is 11.7. The maximum absolute atomic E-state index is 5.25. The molecule has 8 heteroatoms. The van der Waals surface area contributed by atoms with E-state index in [4.69, 9.17) is 19.9 Å². The third-order valence-corrected chi connectivity index (χ3v) is 18.5. The van der Waals surface area contributed by atoms with Gasteiger partial charge in [-0.05, 0) is 99.9 Å². The molecule has 351 valence electrons. The van der Waals surface area contributed by atoms with Crippen LogP contribution in [0.4, 0.5) is 0 Å². The Bertz CT molecular complexity index is 3330. The van der Waals surface area contributed by atoms with E-state index >= 15 is 0 Å². The fourth-order valence-electron chi connectivity index (χ4n) is 11.2. The van der Waals surface area contributed by atoms with Gasteiger partial charge in [0, 0.05) is 30.9 Å². The standard InChI is InChI=1S/C31H40N3.C27H31BrN3.Ir/c1-27(2,3)18-13-14-19-22(15-18)33-26(28(4,5)6)34-24-17-21-20(16-23(24)32-25(19)34)29(7,8)31(11,12)30(21,9)10;1-24(2,3)23-30-21-15(11-10-12-18(21)28)22-29-19-13-16-17(14-20(19)31(22)23)26(6,7)27(8,9)25(16,4)5;/h13,15-17H,1-12H3;10,12-14H,1-9H3;/q2*-1;. The van der Waals surface area contributed by atoms with Crippen molar-refractivity contribution >= 4 is 71.1 Å². The molecule has 4 aromatic heterocycles. The quantitative estimate of drug-likeness (QED) is 0.142. The summed E-state index contributed by atoms with van der Waals surface area (Å²) in [4.78, 5) is 20.8. The van der Waals surface area contributed by atoms with Gasteiger partial charge >= 0.3 is 0 Å². The predicted octanol–water partition coefficient (Wildman–Crippen LogP) is 15.5. The number of halogens is 1. The van der Waals surface area contributed by atoms with Crippen LogP contribution in [0.3, 0.4) is 0 Å². The van der Waals surface area contributed by atoms with Gasteiger partial charge < -0.3 is 8.80 Å². The number of imidazole rings is 2. The number of benzene rings is 4. The molecule has 0 atom stereocenters. The Morgan fingerprint density at radius 1 is 0.485 bits per heavy atom. The van der Waals surface area contributed by atoms with Crippen LogP contribution in [-0.2, 0) is 58.0 Å². The third-order valence-electron chi connectivity index (χ3n) is 17.9. The van der Waals surface area contributed by atoms with Crippen LogP contribution in [0.25, 0.3) is 55.2 Å². The molecule has 0 fully saturated rings. The summed E-state index contributed by atoms with van der Waals surface area (Å²) in [6.07, 6.45) is 0. The molecule has 0 saturated heterocycles. The first-order valence-corrected chi connectivity index (χ1v) is 24.5. The minimum Gasteiger partial charge on any atom is -0.321 e. The Morgan fingerprint density at radius 2 is 0.894 bits per heavy atom. The van der Waals surface area contributed by atoms with E-state index in [-0.39, 0.29) is 68.8 Å². The molecule has 0 saturated carbocycles. The largest absolute Gasteiger partial charge is 0.321 e. The van der Waals surface area contributed by atoms with E-state index in [1.807, 2.05) is 12.1 Å². The smallest absolute Gasteiger partial charge is 0.102 e. The molecule has 4 aromatic carbocycles. The molecule has 66 heavy (non-hydrogen) atoms. The normalized spacial score (nSPS) is 19.1. The minimum absolute atomic E-state index is 0. The maximum Gasteiger partial charge on any atom is 0.102 e. The molecule has 4 heterocycles. The van der Waals surface area contributed by atoms with E-state index in [0.29, 0.717) is 0 Å². The summed E-state index contributed by atoms with van der Waals surface area (Å²) >= 11 is 3.69. The third kappa shape index (κ3) is 6.45. The van der Waals surface area contributed by atoms with Crippen molar-refractivity contribution in [1.29, 1.82) is 0 Å². The second-order valence-corrected chi connectivity index (χ2v) is 26.7. The van der Waals surface area contributed by atoms with E-state index in [9.17, 15) is 0 Å². The van der Waals surface area contributed by atoms with Gasteiger partial charge in [0.25, 0.3) is 0 Å². The average Bonchev–Trinajstić information content (AvgIpc) is 3.81. The van der Waals surface area contributed by atoms with E-state index < -0.39 is 0 Å². The number of hydrogen-bond donors (Lipinski definition) is 0. The number of fused-ring (bicyclic) bond motifs is 12. The topological polar surface area (TPSA) is 60.4 Å². The van der Waals surface area contributed by atoms with Gasteiger partial charge in [-0.1, -0.05) is 172 Å². The Morgan fingerprint density at radius 3 is 1.32 bits per heavy atom. The molecular formula is C58H71BrIrN6-2. The van der Waals surface area contributed by atoms with E-state index in [2.05, 4.69) is 219 Å². The van der Waals surface area contributed by atoms with Crippen LogP contribution in [0.2, 0.25) is 0 Å². The molecule has 10 rings (SSSR count). The molecule has 0 aliphatic heterocycles. The zero-order chi connectivity index (χ0) is 47.9. The average molecular weight is 1120 g/mol. The van der Waals surface area contributed by atoms with Crippen molar-refractivity contribution in [3.63, 3.8) is 0 Å². The van der Waals surface area contributed by atoms with Gasteiger partial charge in [0.15, 0.2) is 0 Å². The van der Waals surface area contributed by atoms with E-state index in [0.717, 1.165) is 71.3 Å². The van der Waals surface area contributed by atoms with Crippen LogP contribution in [0.5, 0.6) is 0 Å². The van der Waals surface area contributed by atoms with Crippen LogP contribution in [0, 0.1) is 23.0 Å². The molecular weight excluding hydrogens is 1050 g/mol. The van der Waals surface area contributed by atoms with Crippen molar-refractivity contribution in [2.24, 2.45) is 10.8 Å². The molecule has 6 nitrogen and oxygen atoms in total. The van der Waals surface area contributed by atoms with E-state index in [1.54, 1.807) is 0 Å². The summed E-state index contributed by atoms with van der Waals surface area (Å²) in [6.45, 7) is 48.8. The first-order chi connectivity index (χ1) is 29.6. The molecule has 2 aliphatic rings. The minimum atomic E-state index is -0.136. The second kappa shape index (κ2) is 14.4. The molecule has 2 aliphatic carbocycles. The first-order valence-electron chi connectivity index (χ1n) is 23.7. The molecule has 1 radical (unpaired) electrons. The molecule has 0 spiro atoms. The number of nitrogens with zero attached hydrogens (tertiary/aromatic N) is 6. The summed E-state index contributed by atoms with van der Waals surface area (Å²) in [6, 6.07) is 24.8. The van der Waals surface area contributed by atoms with Gasteiger partial charge in [0.05, 0.1) is 33.4 Å². The van der Waals surface area contributed by atoms with Gasteiger partial charge in [0.1, 0.15) is 11.6 Å². The van der Waals surface area contributed by atoms with Crippen LogP contribution in [0.15, 0.2) is 53.0 Å². The monoisotopic (exact) mass is 1120 g/mol. The number of aromatic nitrogens is 6. The number of rotatable bonds is 0. The summed E-state index contributed by atoms with van der Waals surface area (Å²) in [5.74, 6) is 2.07. The van der Waals surface area contributed by atoms with Gasteiger partial charge in [-0.15, -0.1) is 42.0 Å². The predicted molar refractivity (Wildman–Crippen MR) is 277 cm³/mol. The first kappa shape index (κ1) is 48.7. The molecule has 0 unspecified atom stereocenters. The second-order valence-electron chi connectivity index (χ2n) is 25.9. The summed E-state index contributed by atoms with van der Waals surface area (Å²) in [5, 5.41) is 1.95. The summed E-state index contributed by atoms with van der Waals surface area (Å²) in [7, 11) is 0. The Balaban J connectivity index is 0.000000177. The van der Waals surface area contributed by atoms with Crippen molar-refractivity contribution in [1.82, 2.24) is 28.7 Å². The van der Waals surface area contributed by atoms with Crippen LogP contribution in [0.1, 0.15) is 185 Å². The van der Waals surface area contributed by atoms with E-state index in [1.165, 1.54) is 27.8 Å². The molecule has 8 aromatic rings. The SMILES string of the molecule is CC(C)(C)c1c[c-]c2c(c1)nc(C(C)(C)C)n1c3cc4c(cc3nc21)C(C)(C)C(C)(C)C4(C)C.CC(C)(C)c1nc2c(Br)cc[c-]c2c2nc3cc4c(cc3n12)C(C)(C)C(C)(C)C4(C)C.[Ir]. The maximum atomic E-state index is 5.25. The van der Waals surface area contributed by atoms with Gasteiger partial charge in [-0.25, -0.2) is 0 Å². The Labute approximate surface area is 416 Å². The Hall–Kier alpha value is -3.71. The van der Waals surface area contributed by atoms with Crippen LogP contribution >= 0.6 is 15.9 Å². The van der Waals surface area contributed by atoms with Crippen molar-refractivity contribution < 1.29 is 20.1 Å². The Kier molecular flexibility index (Phi) is 10.6. The van der Waals surface area contributed by atoms with Crippen molar-refractivity contribution in [3.05, 3.63) is 105 Å². The number of hydrogen-bond acceptors (Lipinski definition) is 4. The van der Waals surface area contributed by atoms with Gasteiger partial charge in [-0.2, -0.15) is 0 Å².